The van der Waals surface area contributed by atoms with Gasteiger partial charge < -0.3 is 4.34 Å². The van der Waals surface area contributed by atoms with Crippen LogP contribution in [0.4, 0.5) is 0 Å². The van der Waals surface area contributed by atoms with Crippen LogP contribution in [0.5, 0.6) is 0 Å². The summed E-state index contributed by atoms with van der Waals surface area (Å²) < 4.78 is 1.97. The van der Waals surface area contributed by atoms with Gasteiger partial charge in [0, 0.05) is 17.3 Å². The molecular weight excluding hydrogens is 187 g/mol. The second-order valence-electron chi connectivity index (χ2n) is 2.76. The zero-order chi connectivity index (χ0) is 8.72. The van der Waals surface area contributed by atoms with Crippen LogP contribution in [0.25, 0.3) is 10.9 Å². The van der Waals surface area contributed by atoms with Crippen molar-refractivity contribution in [3.05, 3.63) is 24.0 Å². The van der Waals surface area contributed by atoms with Crippen molar-refractivity contribution in [3.8, 4) is 0 Å². The first-order valence-corrected chi connectivity index (χ1v) is 4.57. The molecule has 0 aliphatic heterocycles. The van der Waals surface area contributed by atoms with E-state index in [0.717, 1.165) is 21.6 Å². The average molecular weight is 196 g/mol. The van der Waals surface area contributed by atoms with Crippen LogP contribution in [0.1, 0.15) is 5.69 Å². The smallest absolute Gasteiger partial charge is 0.0757 e. The predicted molar refractivity (Wildman–Crippen MR) is 56.8 cm³/mol. The van der Waals surface area contributed by atoms with Gasteiger partial charge in [-0.15, -0.1) is 12.6 Å². The largest absolute Gasteiger partial charge is 0.320 e. The molecule has 0 bridgehead atoms. The zero-order valence-corrected chi connectivity index (χ0v) is 8.70. The van der Waals surface area contributed by atoms with Crippen molar-refractivity contribution < 1.29 is 0 Å². The lowest BCUT2D eigenvalue weighted by molar-refractivity contribution is 1.15. The van der Waals surface area contributed by atoms with Gasteiger partial charge in [-0.2, -0.15) is 0 Å². The Bertz CT molecular complexity index is 436. The maximum absolute atomic E-state index is 4.30. The van der Waals surface area contributed by atoms with Crippen molar-refractivity contribution >= 4 is 32.9 Å². The summed E-state index contributed by atoms with van der Waals surface area (Å²) in [5.74, 6) is 0. The Morgan fingerprint density at radius 1 is 1.50 bits per heavy atom. The third-order valence-corrected chi connectivity index (χ3v) is 2.96. The van der Waals surface area contributed by atoms with Crippen molar-refractivity contribution in [2.75, 3.05) is 0 Å². The second kappa shape index (κ2) is 2.75. The Hall–Kier alpha value is -0.530. The molecule has 0 aromatic carbocycles. The van der Waals surface area contributed by atoms with E-state index in [9.17, 15) is 0 Å². The molecule has 12 heavy (non-hydrogen) atoms. The van der Waals surface area contributed by atoms with Crippen LogP contribution in [-0.4, -0.2) is 9.32 Å². The van der Waals surface area contributed by atoms with Gasteiger partial charge in [0.2, 0.25) is 0 Å². The van der Waals surface area contributed by atoms with Gasteiger partial charge in [0.1, 0.15) is 0 Å². The van der Waals surface area contributed by atoms with Gasteiger partial charge in [0.25, 0.3) is 0 Å². The second-order valence-corrected chi connectivity index (χ2v) is 3.73. The molecule has 0 amide bonds. The Morgan fingerprint density at radius 2 is 2.25 bits per heavy atom. The fraction of sp³-hybridized carbons (Fsp3) is 0.125. The molecule has 0 spiro atoms. The van der Waals surface area contributed by atoms with Gasteiger partial charge in [-0.25, -0.2) is 0 Å². The van der Waals surface area contributed by atoms with Crippen LogP contribution in [-0.2, 0) is 0 Å². The molecule has 2 nitrogen and oxygen atoms in total. The molecule has 0 N–H and O–H groups in total. The van der Waals surface area contributed by atoms with E-state index in [0.29, 0.717) is 0 Å². The zero-order valence-electron chi connectivity index (χ0n) is 6.65. The lowest BCUT2D eigenvalue weighted by atomic mass is 10.3. The topological polar surface area (TPSA) is 17.8 Å². The summed E-state index contributed by atoms with van der Waals surface area (Å²) in [6.07, 6.45) is 1.87. The number of aromatic nitrogens is 2. The van der Waals surface area contributed by atoms with Gasteiger partial charge in [0.05, 0.1) is 10.5 Å². The van der Waals surface area contributed by atoms with Gasteiger partial charge in [-0.3, -0.25) is 4.98 Å². The fourth-order valence-electron chi connectivity index (χ4n) is 1.21. The molecule has 62 valence electrons. The highest BCUT2D eigenvalue weighted by Gasteiger charge is 2.02. The standard InChI is InChI=1S/C8H9N2PS/c1-5-2-7-6(4-9-5)3-8(12)10(7)11/h2-4,12H,11H2,1H3. The molecule has 0 aliphatic carbocycles. The molecule has 0 fully saturated rings. The Labute approximate surface area is 78.7 Å². The monoisotopic (exact) mass is 196 g/mol. The third-order valence-electron chi connectivity index (χ3n) is 1.84. The first kappa shape index (κ1) is 8.09. The number of fused-ring (bicyclic) bond motifs is 1. The van der Waals surface area contributed by atoms with Gasteiger partial charge in [-0.1, -0.05) is 0 Å². The van der Waals surface area contributed by atoms with Crippen LogP contribution < -0.4 is 0 Å². The molecule has 0 radical (unpaired) electrons. The molecule has 4 heteroatoms. The van der Waals surface area contributed by atoms with Crippen LogP contribution >= 0.6 is 22.0 Å². The number of rotatable bonds is 0. The highest BCUT2D eigenvalue weighted by Crippen LogP contribution is 2.24. The van der Waals surface area contributed by atoms with E-state index >= 15 is 0 Å². The minimum absolute atomic E-state index is 0.933. The van der Waals surface area contributed by atoms with E-state index in [2.05, 4.69) is 27.0 Å². The Balaban J connectivity index is 2.88. The van der Waals surface area contributed by atoms with Crippen LogP contribution in [0, 0.1) is 6.92 Å². The van der Waals surface area contributed by atoms with Crippen molar-refractivity contribution in [1.29, 1.82) is 0 Å². The van der Waals surface area contributed by atoms with Gasteiger partial charge in [-0.05, 0) is 28.4 Å². The van der Waals surface area contributed by atoms with Crippen molar-refractivity contribution in [1.82, 2.24) is 9.32 Å². The SMILES string of the molecule is Cc1cc2c(cn1)cc(S)n2P. The predicted octanol–water partition coefficient (Wildman–Crippen LogP) is 2.27. The van der Waals surface area contributed by atoms with E-state index in [4.69, 9.17) is 0 Å². The van der Waals surface area contributed by atoms with E-state index < -0.39 is 0 Å². The van der Waals surface area contributed by atoms with Crippen LogP contribution in [0.3, 0.4) is 0 Å². The molecule has 0 saturated heterocycles. The van der Waals surface area contributed by atoms with E-state index in [1.165, 1.54) is 0 Å². The fourth-order valence-corrected chi connectivity index (χ4v) is 1.75. The summed E-state index contributed by atoms with van der Waals surface area (Å²) >= 11 is 4.30. The lowest BCUT2D eigenvalue weighted by Crippen LogP contribution is -1.82. The molecule has 0 saturated carbocycles. The lowest BCUT2D eigenvalue weighted by Gasteiger charge is -1.97. The third kappa shape index (κ3) is 1.13. The summed E-state index contributed by atoms with van der Waals surface area (Å²) in [7, 11) is 2.62. The molecule has 2 rings (SSSR count). The number of nitrogens with zero attached hydrogens (tertiary/aromatic N) is 2. The molecule has 0 aliphatic rings. The average Bonchev–Trinajstić information content (AvgIpc) is 2.31. The first-order valence-electron chi connectivity index (χ1n) is 3.60. The summed E-state index contributed by atoms with van der Waals surface area (Å²) in [5.41, 5.74) is 2.18. The number of thiol groups is 1. The maximum Gasteiger partial charge on any atom is 0.0757 e. The molecule has 1 atom stereocenters. The molecular formula is C8H9N2PS. The molecule has 2 aromatic heterocycles. The van der Waals surface area contributed by atoms with Gasteiger partial charge in [0.15, 0.2) is 0 Å². The number of hydrogen-bond acceptors (Lipinski definition) is 2. The summed E-state index contributed by atoms with van der Waals surface area (Å²) in [6.45, 7) is 1.98. The van der Waals surface area contributed by atoms with Crippen LogP contribution in [0.15, 0.2) is 23.4 Å². The highest BCUT2D eigenvalue weighted by molar-refractivity contribution is 7.80. The van der Waals surface area contributed by atoms with E-state index in [1.54, 1.807) is 0 Å². The first-order chi connectivity index (χ1) is 5.68. The van der Waals surface area contributed by atoms with Crippen molar-refractivity contribution in [2.24, 2.45) is 0 Å². The maximum atomic E-state index is 4.30. The minimum Gasteiger partial charge on any atom is -0.320 e. The van der Waals surface area contributed by atoms with E-state index in [-0.39, 0.29) is 0 Å². The highest BCUT2D eigenvalue weighted by atomic mass is 32.1. The Morgan fingerprint density at radius 3 is 3.00 bits per heavy atom. The summed E-state index contributed by atoms with van der Waals surface area (Å²) in [6, 6.07) is 4.04. The molecule has 1 unspecified atom stereocenters. The van der Waals surface area contributed by atoms with Crippen molar-refractivity contribution in [3.63, 3.8) is 0 Å². The van der Waals surface area contributed by atoms with E-state index in [1.807, 2.05) is 29.6 Å². The molecule has 2 aromatic rings. The van der Waals surface area contributed by atoms with Gasteiger partial charge >= 0.3 is 0 Å². The van der Waals surface area contributed by atoms with Crippen molar-refractivity contribution in [2.45, 2.75) is 11.9 Å². The quantitative estimate of drug-likeness (QED) is 0.505. The number of hydrogen-bond donors (Lipinski definition) is 1. The Kier molecular flexibility index (Phi) is 1.85. The number of pyridine rings is 1. The number of aryl methyl sites for hydroxylation is 1. The summed E-state index contributed by atoms with van der Waals surface area (Å²) in [5, 5.41) is 2.06. The van der Waals surface area contributed by atoms with Crippen LogP contribution in [0.2, 0.25) is 0 Å². The summed E-state index contributed by atoms with van der Waals surface area (Å²) in [4.78, 5) is 4.21. The minimum atomic E-state index is 0.933. The molecule has 2 heterocycles. The normalized spacial score (nSPS) is 10.9.